The molecule has 1 aliphatic heterocycles. The van der Waals surface area contributed by atoms with Crippen LogP contribution < -0.4 is 26.8 Å². The fourth-order valence-corrected chi connectivity index (χ4v) is 4.83. The van der Waals surface area contributed by atoms with Gasteiger partial charge in [0.1, 0.15) is 5.75 Å². The number of aromatic nitrogens is 3. The van der Waals surface area contributed by atoms with Gasteiger partial charge in [-0.15, -0.1) is 0 Å². The number of carbonyl (C=O) groups excluding carboxylic acids is 2. The quantitative estimate of drug-likeness (QED) is 0.211. The van der Waals surface area contributed by atoms with E-state index in [0.29, 0.717) is 5.75 Å². The first-order valence-corrected chi connectivity index (χ1v) is 13.8. The second-order valence-electron chi connectivity index (χ2n) is 9.87. The lowest BCUT2D eigenvalue weighted by Gasteiger charge is -2.33. The summed E-state index contributed by atoms with van der Waals surface area (Å²) in [5.74, 6) is -0.211. The second-order valence-corrected chi connectivity index (χ2v) is 10.2. The third kappa shape index (κ3) is 8.74. The molecule has 41 heavy (non-hydrogen) atoms. The smallest absolute Gasteiger partial charge is 0.274 e. The third-order valence-corrected chi connectivity index (χ3v) is 7.08. The Balaban J connectivity index is 1.17. The van der Waals surface area contributed by atoms with Gasteiger partial charge in [0.2, 0.25) is 0 Å². The highest BCUT2D eigenvalue weighted by molar-refractivity contribution is 6.31. The molecule has 0 saturated carbocycles. The van der Waals surface area contributed by atoms with E-state index in [1.54, 1.807) is 24.5 Å². The van der Waals surface area contributed by atoms with Gasteiger partial charge in [0.15, 0.2) is 29.1 Å². The largest absolute Gasteiger partial charge is 0.484 e. The minimum Gasteiger partial charge on any atom is -0.484 e. The van der Waals surface area contributed by atoms with E-state index >= 15 is 0 Å². The van der Waals surface area contributed by atoms with E-state index in [9.17, 15) is 14.7 Å². The van der Waals surface area contributed by atoms with Gasteiger partial charge in [0, 0.05) is 25.0 Å². The lowest BCUT2D eigenvalue weighted by molar-refractivity contribution is -0.124. The number of hydrogen-bond donors (Lipinski definition) is 5. The maximum atomic E-state index is 12.7. The summed E-state index contributed by atoms with van der Waals surface area (Å²) in [6.45, 7) is 2.20. The number of nitrogens with two attached hydrogens (primary N) is 2. The SMILES string of the molecule is Nc1nc(N)c(C(=O)NC2CCCN(CCCc3ccc(OCC(=O)NC(CO)c4cccnc4)cc3)C2)nc1Cl. The van der Waals surface area contributed by atoms with Crippen molar-refractivity contribution < 1.29 is 19.4 Å². The molecule has 3 heterocycles. The van der Waals surface area contributed by atoms with E-state index in [0.717, 1.165) is 56.4 Å². The normalized spacial score (nSPS) is 16.1. The number of aliphatic hydroxyl groups is 1. The molecular formula is C28H35ClN8O4. The molecule has 0 spiro atoms. The Labute approximate surface area is 243 Å². The van der Waals surface area contributed by atoms with Gasteiger partial charge in [0.25, 0.3) is 11.8 Å². The number of likely N-dealkylation sites (tertiary alicyclic amines) is 1. The molecule has 0 bridgehead atoms. The number of piperidine rings is 1. The van der Waals surface area contributed by atoms with Crippen molar-refractivity contribution in [2.24, 2.45) is 0 Å². The predicted molar refractivity (Wildman–Crippen MR) is 155 cm³/mol. The molecule has 1 aliphatic rings. The number of aliphatic hydroxyl groups excluding tert-OH is 1. The van der Waals surface area contributed by atoms with Crippen LogP contribution in [0.15, 0.2) is 48.8 Å². The van der Waals surface area contributed by atoms with Crippen LogP contribution in [0.3, 0.4) is 0 Å². The Hall–Kier alpha value is -4.00. The number of ether oxygens (including phenoxy) is 1. The summed E-state index contributed by atoms with van der Waals surface area (Å²) < 4.78 is 5.62. The fraction of sp³-hybridized carbons (Fsp3) is 0.393. The van der Waals surface area contributed by atoms with E-state index < -0.39 is 11.9 Å². The highest BCUT2D eigenvalue weighted by Crippen LogP contribution is 2.19. The summed E-state index contributed by atoms with van der Waals surface area (Å²) in [7, 11) is 0. The Morgan fingerprint density at radius 2 is 1.98 bits per heavy atom. The summed E-state index contributed by atoms with van der Waals surface area (Å²) in [6.07, 6.45) is 6.90. The zero-order chi connectivity index (χ0) is 29.2. The van der Waals surface area contributed by atoms with E-state index in [4.69, 9.17) is 27.8 Å². The van der Waals surface area contributed by atoms with Gasteiger partial charge in [-0.3, -0.25) is 14.6 Å². The summed E-state index contributed by atoms with van der Waals surface area (Å²) in [5, 5.41) is 15.3. The number of nitrogens with one attached hydrogen (secondary N) is 2. The topological polar surface area (TPSA) is 182 Å². The highest BCUT2D eigenvalue weighted by atomic mass is 35.5. The molecule has 1 saturated heterocycles. The van der Waals surface area contributed by atoms with Crippen LogP contribution in [0, 0.1) is 0 Å². The number of hydrogen-bond acceptors (Lipinski definition) is 10. The number of benzene rings is 1. The molecule has 2 atom stereocenters. The molecule has 2 aromatic heterocycles. The molecule has 2 amide bonds. The van der Waals surface area contributed by atoms with Crippen molar-refractivity contribution >= 4 is 35.1 Å². The van der Waals surface area contributed by atoms with E-state index in [1.807, 2.05) is 24.3 Å². The molecule has 12 nitrogen and oxygen atoms in total. The third-order valence-electron chi connectivity index (χ3n) is 6.80. The Kier molecular flexibility index (Phi) is 10.7. The van der Waals surface area contributed by atoms with Crippen LogP contribution in [0.4, 0.5) is 11.6 Å². The number of halogens is 1. The van der Waals surface area contributed by atoms with Crippen LogP contribution in [0.5, 0.6) is 5.75 Å². The number of carbonyl (C=O) groups is 2. The molecule has 218 valence electrons. The van der Waals surface area contributed by atoms with Crippen molar-refractivity contribution in [3.63, 3.8) is 0 Å². The van der Waals surface area contributed by atoms with Crippen LogP contribution >= 0.6 is 11.6 Å². The zero-order valence-electron chi connectivity index (χ0n) is 22.6. The van der Waals surface area contributed by atoms with Crippen molar-refractivity contribution in [3.8, 4) is 5.75 Å². The molecule has 4 rings (SSSR count). The van der Waals surface area contributed by atoms with Crippen molar-refractivity contribution in [1.82, 2.24) is 30.5 Å². The highest BCUT2D eigenvalue weighted by Gasteiger charge is 2.24. The average Bonchev–Trinajstić information content (AvgIpc) is 2.98. The van der Waals surface area contributed by atoms with Gasteiger partial charge >= 0.3 is 0 Å². The van der Waals surface area contributed by atoms with Gasteiger partial charge < -0.3 is 36.8 Å². The average molecular weight is 583 g/mol. The summed E-state index contributed by atoms with van der Waals surface area (Å²) in [4.78, 5) is 39.2. The van der Waals surface area contributed by atoms with E-state index in [1.165, 1.54) is 0 Å². The molecule has 2 unspecified atom stereocenters. The first-order chi connectivity index (χ1) is 19.8. The zero-order valence-corrected chi connectivity index (χ0v) is 23.4. The maximum Gasteiger partial charge on any atom is 0.274 e. The Morgan fingerprint density at radius 3 is 2.71 bits per heavy atom. The van der Waals surface area contributed by atoms with Gasteiger partial charge in [-0.05, 0) is 68.1 Å². The number of aryl methyl sites for hydroxylation is 1. The first-order valence-electron chi connectivity index (χ1n) is 13.5. The number of nitrogen functional groups attached to an aromatic ring is 2. The van der Waals surface area contributed by atoms with Gasteiger partial charge in [-0.2, -0.15) is 0 Å². The van der Waals surface area contributed by atoms with Crippen LogP contribution in [0.2, 0.25) is 5.15 Å². The molecular weight excluding hydrogens is 548 g/mol. The summed E-state index contributed by atoms with van der Waals surface area (Å²) in [5.41, 5.74) is 13.3. The van der Waals surface area contributed by atoms with Gasteiger partial charge in [-0.1, -0.05) is 29.8 Å². The molecule has 7 N–H and O–H groups in total. The van der Waals surface area contributed by atoms with Crippen LogP contribution in [0.1, 0.15) is 46.9 Å². The number of pyridine rings is 1. The number of rotatable bonds is 12. The number of amides is 2. The van der Waals surface area contributed by atoms with Crippen molar-refractivity contribution in [3.05, 3.63) is 70.8 Å². The Morgan fingerprint density at radius 1 is 1.17 bits per heavy atom. The van der Waals surface area contributed by atoms with Crippen molar-refractivity contribution in [2.75, 3.05) is 44.3 Å². The van der Waals surface area contributed by atoms with Crippen LogP contribution in [-0.4, -0.2) is 75.7 Å². The summed E-state index contributed by atoms with van der Waals surface area (Å²) in [6, 6.07) is 10.6. The fourth-order valence-electron chi connectivity index (χ4n) is 4.70. The number of anilines is 2. The van der Waals surface area contributed by atoms with Crippen LogP contribution in [0.25, 0.3) is 0 Å². The molecule has 13 heteroatoms. The molecule has 0 aliphatic carbocycles. The lowest BCUT2D eigenvalue weighted by Crippen LogP contribution is -2.48. The second kappa shape index (κ2) is 14.6. The predicted octanol–water partition coefficient (Wildman–Crippen LogP) is 1.75. The molecule has 1 fully saturated rings. The monoisotopic (exact) mass is 582 g/mol. The van der Waals surface area contributed by atoms with Crippen molar-refractivity contribution in [1.29, 1.82) is 0 Å². The van der Waals surface area contributed by atoms with Crippen LogP contribution in [-0.2, 0) is 11.2 Å². The van der Waals surface area contributed by atoms with E-state index in [2.05, 4.69) is 30.5 Å². The minimum absolute atomic E-state index is 0.0104. The summed E-state index contributed by atoms with van der Waals surface area (Å²) >= 11 is 5.91. The first kappa shape index (κ1) is 30.0. The van der Waals surface area contributed by atoms with Crippen molar-refractivity contribution in [2.45, 2.75) is 37.8 Å². The molecule has 1 aromatic carbocycles. The standard InChI is InChI=1S/C28H35ClN8O4/c29-25-27(31)36-26(30)24(35-25)28(40)33-20-6-3-13-37(15-20)12-2-4-18-7-9-21(10-8-18)41-17-23(39)34-22(16-38)19-5-1-11-32-14-19/h1,5,7-11,14,20,22,38H,2-4,6,12-13,15-17H2,(H,33,40)(H,34,39)(H4,30,31,36). The lowest BCUT2D eigenvalue weighted by atomic mass is 10.0. The van der Waals surface area contributed by atoms with Gasteiger partial charge in [-0.25, -0.2) is 9.97 Å². The van der Waals surface area contributed by atoms with E-state index in [-0.39, 0.29) is 47.6 Å². The van der Waals surface area contributed by atoms with Gasteiger partial charge in [0.05, 0.1) is 12.6 Å². The Bertz CT molecular complexity index is 1310. The number of nitrogens with zero attached hydrogens (tertiary/aromatic N) is 4. The maximum absolute atomic E-state index is 12.7. The molecule has 3 aromatic rings. The minimum atomic E-state index is -0.537. The molecule has 0 radical (unpaired) electrons.